The minimum Gasteiger partial charge on any atom is -0.545 e. The van der Waals surface area contributed by atoms with Gasteiger partial charge in [-0.25, -0.2) is 0 Å². The fourth-order valence-electron chi connectivity index (χ4n) is 1.48. The number of ether oxygens (including phenoxy) is 2. The molecular weight excluding hydrogens is 244 g/mol. The van der Waals surface area contributed by atoms with Gasteiger partial charge in [0.15, 0.2) is 11.5 Å². The molecule has 1 aromatic rings. The van der Waals surface area contributed by atoms with Crippen molar-refractivity contribution in [2.45, 2.75) is 20.3 Å². The van der Waals surface area contributed by atoms with E-state index < -0.39 is 5.97 Å². The van der Waals surface area contributed by atoms with Crippen molar-refractivity contribution in [3.8, 4) is 11.5 Å². The Kier molecular flexibility index (Phi) is 5.93. The molecule has 0 spiro atoms. The first-order chi connectivity index (χ1) is 9.02. The summed E-state index contributed by atoms with van der Waals surface area (Å²) in [6, 6.07) is 5.27. The van der Waals surface area contributed by atoms with E-state index in [1.165, 1.54) is 6.08 Å². The van der Waals surface area contributed by atoms with Crippen LogP contribution in [0.15, 0.2) is 24.3 Å². The smallest absolute Gasteiger partial charge is 0.161 e. The number of hydrogen-bond donors (Lipinski definition) is 0. The maximum absolute atomic E-state index is 10.3. The standard InChI is InChI=1S/C15H20O4/c1-11(2)8-9-19-13-6-4-12(5-7-15(16)17)10-14(13)18-3/h4-7,10-11H,8-9H2,1-3H3,(H,16,17)/p-1. The number of hydrogen-bond acceptors (Lipinski definition) is 4. The van der Waals surface area contributed by atoms with E-state index in [0.29, 0.717) is 24.0 Å². The first-order valence-electron chi connectivity index (χ1n) is 6.23. The van der Waals surface area contributed by atoms with Crippen LogP contribution in [-0.4, -0.2) is 19.7 Å². The van der Waals surface area contributed by atoms with Crippen LogP contribution in [0.4, 0.5) is 0 Å². The van der Waals surface area contributed by atoms with E-state index in [9.17, 15) is 9.90 Å². The van der Waals surface area contributed by atoms with Crippen LogP contribution in [0.5, 0.6) is 11.5 Å². The summed E-state index contributed by atoms with van der Waals surface area (Å²) < 4.78 is 10.9. The Balaban J connectivity index is 2.75. The first-order valence-corrected chi connectivity index (χ1v) is 6.23. The lowest BCUT2D eigenvalue weighted by Gasteiger charge is -2.12. The summed E-state index contributed by atoms with van der Waals surface area (Å²) >= 11 is 0. The average Bonchev–Trinajstić information content (AvgIpc) is 2.36. The van der Waals surface area contributed by atoms with Crippen molar-refractivity contribution in [3.05, 3.63) is 29.8 Å². The molecule has 0 aliphatic rings. The summed E-state index contributed by atoms with van der Waals surface area (Å²) in [5.41, 5.74) is 0.720. The predicted octanol–water partition coefficient (Wildman–Crippen LogP) is 1.88. The second-order valence-electron chi connectivity index (χ2n) is 4.59. The highest BCUT2D eigenvalue weighted by atomic mass is 16.5. The van der Waals surface area contributed by atoms with E-state index >= 15 is 0 Å². The third-order valence-electron chi connectivity index (χ3n) is 2.55. The number of rotatable bonds is 7. The van der Waals surface area contributed by atoms with Crippen molar-refractivity contribution in [2.24, 2.45) is 5.92 Å². The van der Waals surface area contributed by atoms with E-state index in [4.69, 9.17) is 9.47 Å². The molecule has 0 fully saturated rings. The van der Waals surface area contributed by atoms with Gasteiger partial charge >= 0.3 is 0 Å². The molecule has 0 saturated carbocycles. The monoisotopic (exact) mass is 263 g/mol. The lowest BCUT2D eigenvalue weighted by Crippen LogP contribution is -2.18. The highest BCUT2D eigenvalue weighted by molar-refractivity contribution is 5.83. The summed E-state index contributed by atoms with van der Waals surface area (Å²) in [6.07, 6.45) is 3.40. The van der Waals surface area contributed by atoms with Gasteiger partial charge in [0.1, 0.15) is 0 Å². The number of methoxy groups -OCH3 is 1. The van der Waals surface area contributed by atoms with Gasteiger partial charge in [-0.15, -0.1) is 0 Å². The number of carboxylic acids is 1. The molecule has 19 heavy (non-hydrogen) atoms. The molecular formula is C15H19O4-. The molecule has 0 unspecified atom stereocenters. The Hall–Kier alpha value is -1.97. The molecule has 4 heteroatoms. The van der Waals surface area contributed by atoms with Crippen molar-refractivity contribution in [1.29, 1.82) is 0 Å². The van der Waals surface area contributed by atoms with Crippen molar-refractivity contribution in [1.82, 2.24) is 0 Å². The number of benzene rings is 1. The number of aliphatic carboxylic acids is 1. The number of carbonyl (C=O) groups excluding carboxylic acids is 1. The van der Waals surface area contributed by atoms with E-state index in [-0.39, 0.29) is 0 Å². The molecule has 0 aliphatic heterocycles. The van der Waals surface area contributed by atoms with Crippen LogP contribution >= 0.6 is 0 Å². The molecule has 0 bridgehead atoms. The van der Waals surface area contributed by atoms with Gasteiger partial charge in [0.25, 0.3) is 0 Å². The zero-order valence-corrected chi connectivity index (χ0v) is 11.5. The maximum atomic E-state index is 10.3. The first kappa shape index (κ1) is 15.1. The highest BCUT2D eigenvalue weighted by Gasteiger charge is 2.05. The molecule has 1 rings (SSSR count). The van der Waals surface area contributed by atoms with Crippen LogP contribution in [0.3, 0.4) is 0 Å². The molecule has 0 heterocycles. The summed E-state index contributed by atoms with van der Waals surface area (Å²) in [6.45, 7) is 4.89. The van der Waals surface area contributed by atoms with Crippen LogP contribution in [0, 0.1) is 5.92 Å². The molecule has 0 N–H and O–H groups in total. The van der Waals surface area contributed by atoms with Crippen molar-refractivity contribution >= 4 is 12.0 Å². The molecule has 0 aromatic heterocycles. The number of carbonyl (C=O) groups is 1. The second kappa shape index (κ2) is 7.46. The van der Waals surface area contributed by atoms with Gasteiger partial charge in [0.05, 0.1) is 19.7 Å². The third kappa shape index (κ3) is 5.46. The molecule has 1 aromatic carbocycles. The van der Waals surface area contributed by atoms with Crippen molar-refractivity contribution in [2.75, 3.05) is 13.7 Å². The molecule has 0 saturated heterocycles. The minimum atomic E-state index is -1.23. The summed E-state index contributed by atoms with van der Waals surface area (Å²) in [4.78, 5) is 10.3. The molecule has 0 radical (unpaired) electrons. The molecule has 0 amide bonds. The van der Waals surface area contributed by atoms with E-state index in [1.807, 2.05) is 0 Å². The second-order valence-corrected chi connectivity index (χ2v) is 4.59. The van der Waals surface area contributed by atoms with Gasteiger partial charge in [-0.05, 0) is 36.1 Å². The van der Waals surface area contributed by atoms with E-state index in [0.717, 1.165) is 18.1 Å². The zero-order valence-electron chi connectivity index (χ0n) is 11.5. The summed E-state index contributed by atoms with van der Waals surface area (Å²) in [5, 5.41) is 10.3. The molecule has 0 atom stereocenters. The fraction of sp³-hybridized carbons (Fsp3) is 0.400. The SMILES string of the molecule is COc1cc(C=CC(=O)[O-])ccc1OCCC(C)C. The number of carboxylic acid groups (broad SMARTS) is 1. The van der Waals surface area contributed by atoms with Crippen LogP contribution in [0.2, 0.25) is 0 Å². The third-order valence-corrected chi connectivity index (χ3v) is 2.55. The Bertz CT molecular complexity index is 449. The van der Waals surface area contributed by atoms with E-state index in [1.54, 1.807) is 25.3 Å². The maximum Gasteiger partial charge on any atom is 0.161 e. The Labute approximate surface area is 113 Å². The lowest BCUT2D eigenvalue weighted by atomic mass is 10.1. The Morgan fingerprint density at radius 1 is 1.37 bits per heavy atom. The van der Waals surface area contributed by atoms with Crippen LogP contribution in [0.1, 0.15) is 25.8 Å². The summed E-state index contributed by atoms with van der Waals surface area (Å²) in [5.74, 6) is 0.602. The average molecular weight is 263 g/mol. The van der Waals surface area contributed by atoms with Gasteiger partial charge in [-0.3, -0.25) is 0 Å². The molecule has 0 aliphatic carbocycles. The lowest BCUT2D eigenvalue weighted by molar-refractivity contribution is -0.297. The highest BCUT2D eigenvalue weighted by Crippen LogP contribution is 2.28. The molecule has 104 valence electrons. The largest absolute Gasteiger partial charge is 0.545 e. The zero-order chi connectivity index (χ0) is 14.3. The van der Waals surface area contributed by atoms with Gasteiger partial charge in [0, 0.05) is 0 Å². The van der Waals surface area contributed by atoms with Crippen LogP contribution in [-0.2, 0) is 4.79 Å². The van der Waals surface area contributed by atoms with Crippen molar-refractivity contribution < 1.29 is 19.4 Å². The Morgan fingerprint density at radius 3 is 2.68 bits per heavy atom. The fourth-order valence-corrected chi connectivity index (χ4v) is 1.48. The van der Waals surface area contributed by atoms with Crippen molar-refractivity contribution in [3.63, 3.8) is 0 Å². The van der Waals surface area contributed by atoms with E-state index in [2.05, 4.69) is 13.8 Å². The van der Waals surface area contributed by atoms with Gasteiger partial charge < -0.3 is 19.4 Å². The normalized spacial score (nSPS) is 10.9. The van der Waals surface area contributed by atoms with Gasteiger partial charge in [0.2, 0.25) is 0 Å². The quantitative estimate of drug-likeness (QED) is 0.705. The van der Waals surface area contributed by atoms with Gasteiger partial charge in [-0.2, -0.15) is 0 Å². The predicted molar refractivity (Wildman–Crippen MR) is 72.0 cm³/mol. The Morgan fingerprint density at radius 2 is 2.11 bits per heavy atom. The minimum absolute atomic E-state index is 0.580. The topological polar surface area (TPSA) is 58.6 Å². The summed E-state index contributed by atoms with van der Waals surface area (Å²) in [7, 11) is 1.55. The van der Waals surface area contributed by atoms with Crippen LogP contribution in [0.25, 0.3) is 6.08 Å². The van der Waals surface area contributed by atoms with Crippen LogP contribution < -0.4 is 14.6 Å². The molecule has 4 nitrogen and oxygen atoms in total. The van der Waals surface area contributed by atoms with Gasteiger partial charge in [-0.1, -0.05) is 26.0 Å².